The number of aryl methyl sites for hydroxylation is 1. The summed E-state index contributed by atoms with van der Waals surface area (Å²) in [6.07, 6.45) is 7.65. The average Bonchev–Trinajstić information content (AvgIpc) is 2.67. The summed E-state index contributed by atoms with van der Waals surface area (Å²) >= 11 is 0. The maximum absolute atomic E-state index is 12.4. The quantitative estimate of drug-likeness (QED) is 0.759. The van der Waals surface area contributed by atoms with Gasteiger partial charge in [0.05, 0.1) is 6.04 Å². The highest BCUT2D eigenvalue weighted by Crippen LogP contribution is 2.21. The zero-order valence-electron chi connectivity index (χ0n) is 13.2. The molecule has 0 saturated heterocycles. The second kappa shape index (κ2) is 7.97. The van der Waals surface area contributed by atoms with Gasteiger partial charge in [0, 0.05) is 30.7 Å². The summed E-state index contributed by atoms with van der Waals surface area (Å²) < 4.78 is 0. The van der Waals surface area contributed by atoms with Gasteiger partial charge in [-0.3, -0.25) is 9.78 Å². The monoisotopic (exact) mass is 318 g/mol. The standard InChI is InChI=1S/C19H18N4O/c24-18(9-8-17-10-12-21-14-22-17)23-19(15-5-2-1-3-6-15)16-7-4-11-20-13-16/h1-7,10-14,19H,8-9H2,(H,23,24)/t19-/m1/s1. The van der Waals surface area contributed by atoms with Gasteiger partial charge in [-0.25, -0.2) is 9.97 Å². The fourth-order valence-electron chi connectivity index (χ4n) is 2.49. The van der Waals surface area contributed by atoms with Crippen molar-refractivity contribution in [3.63, 3.8) is 0 Å². The summed E-state index contributed by atoms with van der Waals surface area (Å²) in [5, 5.41) is 3.10. The van der Waals surface area contributed by atoms with E-state index in [0.717, 1.165) is 16.8 Å². The molecule has 3 rings (SSSR count). The molecule has 0 bridgehead atoms. The van der Waals surface area contributed by atoms with Gasteiger partial charge < -0.3 is 5.32 Å². The summed E-state index contributed by atoms with van der Waals surface area (Å²) in [5.41, 5.74) is 2.85. The zero-order chi connectivity index (χ0) is 16.6. The largest absolute Gasteiger partial charge is 0.345 e. The summed E-state index contributed by atoms with van der Waals surface area (Å²) in [5.74, 6) is -0.0219. The van der Waals surface area contributed by atoms with Crippen molar-refractivity contribution in [3.8, 4) is 0 Å². The molecule has 1 atom stereocenters. The number of hydrogen-bond acceptors (Lipinski definition) is 4. The van der Waals surface area contributed by atoms with E-state index in [1.807, 2.05) is 48.5 Å². The van der Waals surface area contributed by atoms with E-state index >= 15 is 0 Å². The lowest BCUT2D eigenvalue weighted by molar-refractivity contribution is -0.121. The maximum Gasteiger partial charge on any atom is 0.221 e. The molecule has 120 valence electrons. The van der Waals surface area contributed by atoms with E-state index in [0.29, 0.717) is 12.8 Å². The second-order valence-corrected chi connectivity index (χ2v) is 5.40. The molecular formula is C19H18N4O. The molecule has 2 aromatic heterocycles. The molecule has 0 spiro atoms. The third-order valence-corrected chi connectivity index (χ3v) is 3.71. The van der Waals surface area contributed by atoms with Gasteiger partial charge in [0.2, 0.25) is 5.91 Å². The Morgan fingerprint density at radius 3 is 2.50 bits per heavy atom. The number of aromatic nitrogens is 3. The van der Waals surface area contributed by atoms with Crippen LogP contribution in [0.25, 0.3) is 0 Å². The second-order valence-electron chi connectivity index (χ2n) is 5.40. The minimum Gasteiger partial charge on any atom is -0.345 e. The Kier molecular flexibility index (Phi) is 5.24. The number of carbonyl (C=O) groups is 1. The third-order valence-electron chi connectivity index (χ3n) is 3.71. The molecule has 1 aromatic carbocycles. The number of rotatable bonds is 6. The molecule has 3 aromatic rings. The first-order valence-corrected chi connectivity index (χ1v) is 7.82. The Bertz CT molecular complexity index is 724. The van der Waals surface area contributed by atoms with Gasteiger partial charge in [0.1, 0.15) is 6.33 Å². The predicted molar refractivity (Wildman–Crippen MR) is 91.0 cm³/mol. The normalized spacial score (nSPS) is 11.7. The molecule has 1 N–H and O–H groups in total. The molecule has 0 fully saturated rings. The number of nitrogens with zero attached hydrogens (tertiary/aromatic N) is 3. The van der Waals surface area contributed by atoms with Crippen molar-refractivity contribution >= 4 is 5.91 Å². The highest BCUT2D eigenvalue weighted by molar-refractivity contribution is 5.77. The van der Waals surface area contributed by atoms with Crippen LogP contribution >= 0.6 is 0 Å². The van der Waals surface area contributed by atoms with Crippen LogP contribution in [0.4, 0.5) is 0 Å². The number of hydrogen-bond donors (Lipinski definition) is 1. The fourth-order valence-corrected chi connectivity index (χ4v) is 2.49. The minimum absolute atomic E-state index is 0.0219. The summed E-state index contributed by atoms with van der Waals surface area (Å²) in [4.78, 5) is 24.6. The highest BCUT2D eigenvalue weighted by Gasteiger charge is 2.16. The predicted octanol–water partition coefficient (Wildman–Crippen LogP) is 2.71. The van der Waals surface area contributed by atoms with Crippen LogP contribution in [0.5, 0.6) is 0 Å². The van der Waals surface area contributed by atoms with E-state index in [4.69, 9.17) is 0 Å². The van der Waals surface area contributed by atoms with Crippen LogP contribution < -0.4 is 5.32 Å². The molecule has 0 unspecified atom stereocenters. The number of amides is 1. The first-order valence-electron chi connectivity index (χ1n) is 7.82. The lowest BCUT2D eigenvalue weighted by Crippen LogP contribution is -2.29. The summed E-state index contributed by atoms with van der Waals surface area (Å²) in [6, 6.07) is 15.3. The number of benzene rings is 1. The zero-order valence-corrected chi connectivity index (χ0v) is 13.2. The fraction of sp³-hybridized carbons (Fsp3) is 0.158. The number of nitrogens with one attached hydrogen (secondary N) is 1. The van der Waals surface area contributed by atoms with Gasteiger partial charge in [-0.05, 0) is 29.7 Å². The van der Waals surface area contributed by atoms with Crippen LogP contribution in [0.1, 0.15) is 29.3 Å². The Hall–Kier alpha value is -3.08. The lowest BCUT2D eigenvalue weighted by Gasteiger charge is -2.19. The SMILES string of the molecule is O=C(CCc1ccncn1)N[C@H](c1ccccc1)c1cccnc1. The van der Waals surface area contributed by atoms with Gasteiger partial charge in [-0.2, -0.15) is 0 Å². The number of carbonyl (C=O) groups excluding carboxylic acids is 1. The summed E-state index contributed by atoms with van der Waals surface area (Å²) in [6.45, 7) is 0. The maximum atomic E-state index is 12.4. The van der Waals surface area contributed by atoms with Crippen LogP contribution in [0.2, 0.25) is 0 Å². The third kappa shape index (κ3) is 4.23. The number of pyridine rings is 1. The van der Waals surface area contributed by atoms with Gasteiger partial charge in [-0.1, -0.05) is 36.4 Å². The molecule has 0 aliphatic heterocycles. The summed E-state index contributed by atoms with van der Waals surface area (Å²) in [7, 11) is 0. The molecule has 2 heterocycles. The molecule has 0 saturated carbocycles. The van der Waals surface area contributed by atoms with Gasteiger partial charge in [0.25, 0.3) is 0 Å². The first-order chi connectivity index (χ1) is 11.8. The van der Waals surface area contributed by atoms with Crippen molar-refractivity contribution < 1.29 is 4.79 Å². The molecule has 0 aliphatic rings. The van der Waals surface area contributed by atoms with E-state index < -0.39 is 0 Å². The van der Waals surface area contributed by atoms with Crippen molar-refractivity contribution in [2.75, 3.05) is 0 Å². The molecule has 0 radical (unpaired) electrons. The average molecular weight is 318 g/mol. The van der Waals surface area contributed by atoms with Gasteiger partial charge >= 0.3 is 0 Å². The Labute approximate surface area is 140 Å². The van der Waals surface area contributed by atoms with E-state index in [9.17, 15) is 4.79 Å². The van der Waals surface area contributed by atoms with Crippen LogP contribution in [-0.2, 0) is 11.2 Å². The smallest absolute Gasteiger partial charge is 0.221 e. The molecule has 1 amide bonds. The Morgan fingerprint density at radius 1 is 0.958 bits per heavy atom. The molecule has 0 aliphatic carbocycles. The van der Waals surface area contributed by atoms with Crippen molar-refractivity contribution in [3.05, 3.63) is 90.3 Å². The Balaban J connectivity index is 1.71. The van der Waals surface area contributed by atoms with Crippen LogP contribution in [-0.4, -0.2) is 20.9 Å². The topological polar surface area (TPSA) is 67.8 Å². The van der Waals surface area contributed by atoms with Crippen molar-refractivity contribution in [2.45, 2.75) is 18.9 Å². The van der Waals surface area contributed by atoms with Crippen LogP contribution in [0.15, 0.2) is 73.4 Å². The van der Waals surface area contributed by atoms with Crippen LogP contribution in [0.3, 0.4) is 0 Å². The molecule has 5 heteroatoms. The van der Waals surface area contributed by atoms with Crippen LogP contribution in [0, 0.1) is 0 Å². The van der Waals surface area contributed by atoms with Crippen molar-refractivity contribution in [2.24, 2.45) is 0 Å². The van der Waals surface area contributed by atoms with Gasteiger partial charge in [-0.15, -0.1) is 0 Å². The minimum atomic E-state index is -0.210. The molecule has 5 nitrogen and oxygen atoms in total. The van der Waals surface area contributed by atoms with Crippen molar-refractivity contribution in [1.82, 2.24) is 20.3 Å². The molecule has 24 heavy (non-hydrogen) atoms. The highest BCUT2D eigenvalue weighted by atomic mass is 16.1. The van der Waals surface area contributed by atoms with Gasteiger partial charge in [0.15, 0.2) is 0 Å². The first kappa shape index (κ1) is 15.8. The van der Waals surface area contributed by atoms with E-state index in [-0.39, 0.29) is 11.9 Å². The molecular weight excluding hydrogens is 300 g/mol. The van der Waals surface area contributed by atoms with E-state index in [1.165, 1.54) is 6.33 Å². The van der Waals surface area contributed by atoms with E-state index in [2.05, 4.69) is 20.3 Å². The van der Waals surface area contributed by atoms with E-state index in [1.54, 1.807) is 18.6 Å². The Morgan fingerprint density at radius 2 is 1.79 bits per heavy atom. The van der Waals surface area contributed by atoms with Crippen molar-refractivity contribution in [1.29, 1.82) is 0 Å². The lowest BCUT2D eigenvalue weighted by atomic mass is 10.00.